The van der Waals surface area contributed by atoms with Gasteiger partial charge in [0.25, 0.3) is 0 Å². The van der Waals surface area contributed by atoms with Crippen LogP contribution in [0.2, 0.25) is 0 Å². The molecule has 0 bridgehead atoms. The Bertz CT molecular complexity index is 251. The van der Waals surface area contributed by atoms with Crippen LogP contribution in [0.3, 0.4) is 0 Å². The van der Waals surface area contributed by atoms with Gasteiger partial charge in [-0.3, -0.25) is 4.99 Å². The lowest BCUT2D eigenvalue weighted by molar-refractivity contribution is 0.204. The Morgan fingerprint density at radius 3 is 2.93 bits per heavy atom. The third-order valence-electron chi connectivity index (χ3n) is 3.35. The van der Waals surface area contributed by atoms with Gasteiger partial charge in [-0.15, -0.1) is 0 Å². The predicted octanol–water partition coefficient (Wildman–Crippen LogP) is 0.101. The molecule has 0 radical (unpaired) electrons. The van der Waals surface area contributed by atoms with Gasteiger partial charge < -0.3 is 15.5 Å². The van der Waals surface area contributed by atoms with E-state index in [2.05, 4.69) is 28.8 Å². The number of hydrogen-bond acceptors (Lipinski definition) is 4. The minimum Gasteiger partial charge on any atom is -0.370 e. The maximum absolute atomic E-state index is 5.92. The second-order valence-corrected chi connectivity index (χ2v) is 4.54. The molecular weight excluding hydrogens is 176 g/mol. The van der Waals surface area contributed by atoms with E-state index in [1.165, 1.54) is 13.0 Å². The van der Waals surface area contributed by atoms with Gasteiger partial charge in [0.15, 0.2) is 5.96 Å². The van der Waals surface area contributed by atoms with Crippen molar-refractivity contribution in [3.05, 3.63) is 0 Å². The van der Waals surface area contributed by atoms with Crippen LogP contribution in [0.4, 0.5) is 0 Å². The molecule has 2 aliphatic rings. The van der Waals surface area contributed by atoms with Crippen molar-refractivity contribution < 1.29 is 0 Å². The molecule has 0 aliphatic carbocycles. The first kappa shape index (κ1) is 9.77. The van der Waals surface area contributed by atoms with Crippen LogP contribution in [0.15, 0.2) is 4.99 Å². The molecule has 4 heteroatoms. The van der Waals surface area contributed by atoms with Crippen molar-refractivity contribution in [3.8, 4) is 0 Å². The second-order valence-electron chi connectivity index (χ2n) is 4.54. The van der Waals surface area contributed by atoms with Gasteiger partial charge in [0.05, 0.1) is 12.1 Å². The Kier molecular flexibility index (Phi) is 2.39. The molecular formula is C10H20N4. The van der Waals surface area contributed by atoms with E-state index in [9.17, 15) is 0 Å². The minimum atomic E-state index is 0.231. The van der Waals surface area contributed by atoms with Crippen LogP contribution < -0.4 is 5.73 Å². The summed E-state index contributed by atoms with van der Waals surface area (Å²) in [5, 5.41) is 0. The van der Waals surface area contributed by atoms with Crippen LogP contribution in [0.5, 0.6) is 0 Å². The van der Waals surface area contributed by atoms with E-state index in [-0.39, 0.29) is 5.54 Å². The van der Waals surface area contributed by atoms with Gasteiger partial charge in [-0.2, -0.15) is 0 Å². The van der Waals surface area contributed by atoms with Gasteiger partial charge in [0.1, 0.15) is 0 Å². The Hall–Kier alpha value is -0.770. The lowest BCUT2D eigenvalue weighted by atomic mass is 9.97. The SMILES string of the molecule is CCCN1C(N)=NCC12CCN(C)C2. The molecule has 1 saturated heterocycles. The highest BCUT2D eigenvalue weighted by molar-refractivity contribution is 5.81. The van der Waals surface area contributed by atoms with E-state index < -0.39 is 0 Å². The third-order valence-corrected chi connectivity index (χ3v) is 3.35. The quantitative estimate of drug-likeness (QED) is 0.681. The lowest BCUT2D eigenvalue weighted by Crippen LogP contribution is -2.53. The Labute approximate surface area is 85.8 Å². The van der Waals surface area contributed by atoms with Gasteiger partial charge in [0, 0.05) is 19.6 Å². The molecule has 80 valence electrons. The Morgan fingerprint density at radius 2 is 2.36 bits per heavy atom. The average molecular weight is 196 g/mol. The first-order valence-electron chi connectivity index (χ1n) is 5.44. The van der Waals surface area contributed by atoms with E-state index in [1.807, 2.05) is 0 Å². The highest BCUT2D eigenvalue weighted by atomic mass is 15.4. The van der Waals surface area contributed by atoms with Crippen molar-refractivity contribution in [1.82, 2.24) is 9.80 Å². The smallest absolute Gasteiger partial charge is 0.191 e. The van der Waals surface area contributed by atoms with E-state index in [0.29, 0.717) is 0 Å². The highest BCUT2D eigenvalue weighted by Gasteiger charge is 2.45. The molecule has 2 aliphatic heterocycles. The summed E-state index contributed by atoms with van der Waals surface area (Å²) in [6.07, 6.45) is 2.34. The van der Waals surface area contributed by atoms with E-state index in [0.717, 1.165) is 32.0 Å². The molecule has 4 nitrogen and oxygen atoms in total. The topological polar surface area (TPSA) is 44.9 Å². The minimum absolute atomic E-state index is 0.231. The van der Waals surface area contributed by atoms with Crippen LogP contribution in [0.25, 0.3) is 0 Å². The molecule has 0 aromatic rings. The average Bonchev–Trinajstić information content (AvgIpc) is 2.66. The number of aliphatic imine (C=N–C) groups is 1. The second kappa shape index (κ2) is 3.42. The first-order valence-corrected chi connectivity index (χ1v) is 5.44. The fourth-order valence-electron chi connectivity index (χ4n) is 2.63. The highest BCUT2D eigenvalue weighted by Crippen LogP contribution is 2.31. The van der Waals surface area contributed by atoms with Crippen LogP contribution in [0, 0.1) is 0 Å². The molecule has 1 spiro atoms. The maximum atomic E-state index is 5.92. The number of guanidine groups is 1. The monoisotopic (exact) mass is 196 g/mol. The molecule has 1 fully saturated rings. The van der Waals surface area contributed by atoms with E-state index >= 15 is 0 Å². The third kappa shape index (κ3) is 1.38. The van der Waals surface area contributed by atoms with Crippen LogP contribution in [-0.2, 0) is 0 Å². The number of hydrogen-bond donors (Lipinski definition) is 1. The summed E-state index contributed by atoms with van der Waals surface area (Å²) >= 11 is 0. The Morgan fingerprint density at radius 1 is 1.57 bits per heavy atom. The van der Waals surface area contributed by atoms with Gasteiger partial charge in [0.2, 0.25) is 0 Å². The van der Waals surface area contributed by atoms with Crippen molar-refractivity contribution in [2.45, 2.75) is 25.3 Å². The molecule has 2 N–H and O–H groups in total. The standard InChI is InChI=1S/C10H20N4/c1-3-5-14-9(11)12-7-10(14)4-6-13(2)8-10/h3-8H2,1-2H3,(H2,11,12). The summed E-state index contributed by atoms with van der Waals surface area (Å²) in [7, 11) is 2.17. The van der Waals surface area contributed by atoms with Crippen molar-refractivity contribution in [1.29, 1.82) is 0 Å². The summed E-state index contributed by atoms with van der Waals surface area (Å²) in [4.78, 5) is 9.09. The lowest BCUT2D eigenvalue weighted by Gasteiger charge is -2.35. The number of likely N-dealkylation sites (tertiary alicyclic amines) is 1. The fourth-order valence-corrected chi connectivity index (χ4v) is 2.63. The van der Waals surface area contributed by atoms with Crippen LogP contribution >= 0.6 is 0 Å². The van der Waals surface area contributed by atoms with Gasteiger partial charge in [-0.1, -0.05) is 6.92 Å². The van der Waals surface area contributed by atoms with Crippen molar-refractivity contribution in [3.63, 3.8) is 0 Å². The summed E-state index contributed by atoms with van der Waals surface area (Å²) in [6, 6.07) is 0. The van der Waals surface area contributed by atoms with Crippen LogP contribution in [-0.4, -0.2) is 54.5 Å². The molecule has 0 aromatic heterocycles. The maximum Gasteiger partial charge on any atom is 0.191 e. The van der Waals surface area contributed by atoms with Crippen molar-refractivity contribution in [2.24, 2.45) is 10.7 Å². The molecule has 14 heavy (non-hydrogen) atoms. The number of nitrogens with zero attached hydrogens (tertiary/aromatic N) is 3. The van der Waals surface area contributed by atoms with Gasteiger partial charge in [-0.05, 0) is 19.9 Å². The van der Waals surface area contributed by atoms with Crippen molar-refractivity contribution >= 4 is 5.96 Å². The summed E-state index contributed by atoms with van der Waals surface area (Å²) < 4.78 is 0. The molecule has 0 amide bonds. The largest absolute Gasteiger partial charge is 0.370 e. The number of rotatable bonds is 2. The normalized spacial score (nSPS) is 33.0. The predicted molar refractivity (Wildman–Crippen MR) is 58.3 cm³/mol. The molecule has 2 rings (SSSR count). The molecule has 0 saturated carbocycles. The van der Waals surface area contributed by atoms with E-state index in [1.54, 1.807) is 0 Å². The van der Waals surface area contributed by atoms with Crippen molar-refractivity contribution in [2.75, 3.05) is 33.2 Å². The molecule has 0 aromatic carbocycles. The van der Waals surface area contributed by atoms with Gasteiger partial charge >= 0.3 is 0 Å². The zero-order valence-corrected chi connectivity index (χ0v) is 9.16. The number of nitrogens with two attached hydrogens (primary N) is 1. The molecule has 1 atom stereocenters. The fraction of sp³-hybridized carbons (Fsp3) is 0.900. The summed E-state index contributed by atoms with van der Waals surface area (Å²) in [5.74, 6) is 0.752. The van der Waals surface area contributed by atoms with E-state index in [4.69, 9.17) is 5.73 Å². The Balaban J connectivity index is 2.13. The first-order chi connectivity index (χ1) is 6.68. The number of likely N-dealkylation sites (N-methyl/N-ethyl adjacent to an activating group) is 1. The molecule has 2 heterocycles. The van der Waals surface area contributed by atoms with Gasteiger partial charge in [-0.25, -0.2) is 0 Å². The van der Waals surface area contributed by atoms with Crippen LogP contribution in [0.1, 0.15) is 19.8 Å². The zero-order chi connectivity index (χ0) is 10.2. The summed E-state index contributed by atoms with van der Waals surface area (Å²) in [6.45, 7) is 6.41. The summed E-state index contributed by atoms with van der Waals surface area (Å²) in [5.41, 5.74) is 6.15. The molecule has 1 unspecified atom stereocenters. The zero-order valence-electron chi connectivity index (χ0n) is 9.16.